The van der Waals surface area contributed by atoms with Crippen LogP contribution in [0.4, 0.5) is 0 Å². The van der Waals surface area contributed by atoms with E-state index >= 15 is 0 Å². The molecule has 0 spiro atoms. The molecule has 0 aromatic heterocycles. The zero-order chi connectivity index (χ0) is 12.2. The lowest BCUT2D eigenvalue weighted by Gasteiger charge is -2.33. The van der Waals surface area contributed by atoms with E-state index < -0.39 is 9.84 Å². The highest BCUT2D eigenvalue weighted by molar-refractivity contribution is 7.91. The summed E-state index contributed by atoms with van der Waals surface area (Å²) in [5, 5.41) is 11.7. The number of nitrogens with zero attached hydrogens (tertiary/aromatic N) is 2. The van der Waals surface area contributed by atoms with E-state index in [-0.39, 0.29) is 23.6 Å². The lowest BCUT2D eigenvalue weighted by atomic mass is 10.2. The fourth-order valence-corrected chi connectivity index (χ4v) is 3.56. The highest BCUT2D eigenvalue weighted by Crippen LogP contribution is 2.12. The van der Waals surface area contributed by atoms with Crippen molar-refractivity contribution in [2.45, 2.75) is 25.4 Å². The molecule has 1 aliphatic rings. The molecule has 1 fully saturated rings. The van der Waals surface area contributed by atoms with Gasteiger partial charge < -0.3 is 5.32 Å². The minimum atomic E-state index is -2.84. The van der Waals surface area contributed by atoms with E-state index in [4.69, 9.17) is 5.26 Å². The fraction of sp³-hybridized carbons (Fsp3) is 0.900. The molecule has 0 bridgehead atoms. The number of nitriles is 1. The van der Waals surface area contributed by atoms with Crippen molar-refractivity contribution >= 4 is 9.84 Å². The molecule has 1 rings (SSSR count). The zero-order valence-corrected chi connectivity index (χ0v) is 10.6. The van der Waals surface area contributed by atoms with Gasteiger partial charge >= 0.3 is 0 Å². The van der Waals surface area contributed by atoms with E-state index in [9.17, 15) is 8.42 Å². The average molecular weight is 245 g/mol. The Morgan fingerprint density at radius 3 is 2.81 bits per heavy atom. The van der Waals surface area contributed by atoms with E-state index in [1.165, 1.54) is 0 Å². The number of nitrogens with one attached hydrogen (secondary N) is 1. The first kappa shape index (κ1) is 13.4. The van der Waals surface area contributed by atoms with Crippen molar-refractivity contribution in [3.63, 3.8) is 0 Å². The molecule has 0 radical (unpaired) electrons. The first-order valence-electron chi connectivity index (χ1n) is 5.50. The molecule has 1 aliphatic heterocycles. The highest BCUT2D eigenvalue weighted by atomic mass is 32.2. The Kier molecular flexibility index (Phi) is 4.71. The van der Waals surface area contributed by atoms with E-state index in [0.29, 0.717) is 6.54 Å². The molecule has 0 aliphatic carbocycles. The maximum atomic E-state index is 11.4. The Labute approximate surface area is 97.3 Å². The normalized spacial score (nSPS) is 27.2. The molecular formula is C10H19N3O2S. The predicted octanol–water partition coefficient (Wildman–Crippen LogP) is -0.393. The molecule has 0 saturated carbocycles. The SMILES string of the molecule is CNC(C#N)CCN1CCS(=O)(=O)CC1C. The molecule has 5 nitrogen and oxygen atoms in total. The van der Waals surface area contributed by atoms with Crippen molar-refractivity contribution in [1.82, 2.24) is 10.2 Å². The van der Waals surface area contributed by atoms with Gasteiger partial charge in [0.1, 0.15) is 0 Å². The van der Waals surface area contributed by atoms with Gasteiger partial charge in [-0.05, 0) is 20.4 Å². The Bertz CT molecular complexity index is 361. The third-order valence-corrected chi connectivity index (χ3v) is 4.81. The summed E-state index contributed by atoms with van der Waals surface area (Å²) in [4.78, 5) is 2.14. The van der Waals surface area contributed by atoms with Gasteiger partial charge in [-0.3, -0.25) is 4.90 Å². The van der Waals surface area contributed by atoms with E-state index in [2.05, 4.69) is 16.3 Å². The lowest BCUT2D eigenvalue weighted by Crippen LogP contribution is -2.48. The van der Waals surface area contributed by atoms with Gasteiger partial charge in [0.2, 0.25) is 0 Å². The summed E-state index contributed by atoms with van der Waals surface area (Å²) in [5.74, 6) is 0.484. The van der Waals surface area contributed by atoms with Crippen molar-refractivity contribution in [3.8, 4) is 6.07 Å². The molecule has 2 unspecified atom stereocenters. The molecule has 6 heteroatoms. The van der Waals surface area contributed by atoms with Crippen molar-refractivity contribution in [3.05, 3.63) is 0 Å². The summed E-state index contributed by atoms with van der Waals surface area (Å²) in [6.45, 7) is 3.29. The number of hydrogen-bond donors (Lipinski definition) is 1. The molecule has 1 N–H and O–H groups in total. The van der Waals surface area contributed by atoms with Crippen LogP contribution in [-0.2, 0) is 9.84 Å². The lowest BCUT2D eigenvalue weighted by molar-refractivity contribution is 0.220. The summed E-state index contributed by atoms with van der Waals surface area (Å²) in [7, 11) is -1.07. The van der Waals surface area contributed by atoms with Gasteiger partial charge in [-0.1, -0.05) is 0 Å². The number of rotatable bonds is 4. The molecule has 0 aromatic carbocycles. The maximum absolute atomic E-state index is 11.4. The van der Waals surface area contributed by atoms with Crippen LogP contribution in [0.1, 0.15) is 13.3 Å². The van der Waals surface area contributed by atoms with Crippen molar-refractivity contribution in [2.24, 2.45) is 0 Å². The van der Waals surface area contributed by atoms with Gasteiger partial charge in [0.25, 0.3) is 0 Å². The largest absolute Gasteiger partial charge is 0.305 e. The van der Waals surface area contributed by atoms with Gasteiger partial charge in [-0.15, -0.1) is 0 Å². The van der Waals surface area contributed by atoms with Crippen LogP contribution in [0.2, 0.25) is 0 Å². The van der Waals surface area contributed by atoms with E-state index in [0.717, 1.165) is 13.0 Å². The Hall–Kier alpha value is -0.640. The summed E-state index contributed by atoms with van der Waals surface area (Å²) in [5.41, 5.74) is 0. The van der Waals surface area contributed by atoms with Gasteiger partial charge in [0.15, 0.2) is 9.84 Å². The average Bonchev–Trinajstić information content (AvgIpc) is 2.21. The van der Waals surface area contributed by atoms with E-state index in [1.54, 1.807) is 7.05 Å². The van der Waals surface area contributed by atoms with Gasteiger partial charge in [-0.2, -0.15) is 5.26 Å². The number of hydrogen-bond acceptors (Lipinski definition) is 5. The topological polar surface area (TPSA) is 73.2 Å². The summed E-state index contributed by atoms with van der Waals surface area (Å²) in [6, 6.07) is 2.08. The highest BCUT2D eigenvalue weighted by Gasteiger charge is 2.27. The van der Waals surface area contributed by atoms with Crippen molar-refractivity contribution < 1.29 is 8.42 Å². The van der Waals surface area contributed by atoms with Crippen LogP contribution in [0.15, 0.2) is 0 Å². The molecule has 0 amide bonds. The Balaban J connectivity index is 2.43. The second-order valence-corrected chi connectivity index (χ2v) is 6.49. The van der Waals surface area contributed by atoms with Crippen molar-refractivity contribution in [1.29, 1.82) is 5.26 Å². The molecule has 2 atom stereocenters. The zero-order valence-electron chi connectivity index (χ0n) is 9.81. The Morgan fingerprint density at radius 1 is 1.62 bits per heavy atom. The van der Waals surface area contributed by atoms with Crippen molar-refractivity contribution in [2.75, 3.05) is 31.6 Å². The molecule has 16 heavy (non-hydrogen) atoms. The van der Waals surface area contributed by atoms with Crippen LogP contribution < -0.4 is 5.32 Å². The van der Waals surface area contributed by atoms with Crippen LogP contribution in [0.25, 0.3) is 0 Å². The molecule has 0 aromatic rings. The van der Waals surface area contributed by atoms with Crippen LogP contribution >= 0.6 is 0 Å². The van der Waals surface area contributed by atoms with Gasteiger partial charge in [-0.25, -0.2) is 8.42 Å². The molecule has 1 heterocycles. The number of sulfone groups is 1. The molecular weight excluding hydrogens is 226 g/mol. The van der Waals surface area contributed by atoms with Gasteiger partial charge in [0, 0.05) is 19.1 Å². The quantitative estimate of drug-likeness (QED) is 0.730. The molecule has 92 valence electrons. The standard InChI is InChI=1S/C10H19N3O2S/c1-9-8-16(14,15)6-5-13(9)4-3-10(7-11)12-2/h9-10,12H,3-6,8H2,1-2H3. The monoisotopic (exact) mass is 245 g/mol. The molecule has 1 saturated heterocycles. The predicted molar refractivity (Wildman–Crippen MR) is 62.8 cm³/mol. The van der Waals surface area contributed by atoms with Crippen LogP contribution in [0.5, 0.6) is 0 Å². The van der Waals surface area contributed by atoms with Crippen LogP contribution in [-0.4, -0.2) is 57.0 Å². The fourth-order valence-electron chi connectivity index (χ4n) is 1.93. The Morgan fingerprint density at radius 2 is 2.31 bits per heavy atom. The van der Waals surface area contributed by atoms with E-state index in [1.807, 2.05) is 6.92 Å². The summed E-state index contributed by atoms with van der Waals surface area (Å²) in [6.07, 6.45) is 0.734. The smallest absolute Gasteiger partial charge is 0.153 e. The first-order chi connectivity index (χ1) is 7.48. The minimum Gasteiger partial charge on any atom is -0.305 e. The third-order valence-electron chi connectivity index (χ3n) is 3.02. The van der Waals surface area contributed by atoms with Crippen LogP contribution in [0.3, 0.4) is 0 Å². The first-order valence-corrected chi connectivity index (χ1v) is 7.32. The third kappa shape index (κ3) is 3.74. The van der Waals surface area contributed by atoms with Crippen LogP contribution in [0, 0.1) is 11.3 Å². The minimum absolute atomic E-state index is 0.0648. The second-order valence-electron chi connectivity index (χ2n) is 4.26. The summed E-state index contributed by atoms with van der Waals surface area (Å²) < 4.78 is 22.7. The maximum Gasteiger partial charge on any atom is 0.153 e. The second kappa shape index (κ2) is 5.62. The summed E-state index contributed by atoms with van der Waals surface area (Å²) >= 11 is 0. The van der Waals surface area contributed by atoms with Gasteiger partial charge in [0.05, 0.1) is 23.6 Å².